The van der Waals surface area contributed by atoms with Gasteiger partial charge in [0, 0.05) is 6.54 Å². The molecule has 19 heavy (non-hydrogen) atoms. The largest absolute Gasteiger partial charge is 0.490 e. The highest BCUT2D eigenvalue weighted by Gasteiger charge is 2.27. The highest BCUT2D eigenvalue weighted by atomic mass is 19.1. The van der Waals surface area contributed by atoms with Gasteiger partial charge in [0.1, 0.15) is 0 Å². The molecule has 1 aromatic rings. The van der Waals surface area contributed by atoms with Crippen LogP contribution >= 0.6 is 0 Å². The van der Waals surface area contributed by atoms with E-state index in [4.69, 9.17) is 9.84 Å². The fraction of sp³-hybridized carbons (Fsp3) is 0.500. The van der Waals surface area contributed by atoms with Gasteiger partial charge in [-0.05, 0) is 25.0 Å². The van der Waals surface area contributed by atoms with Crippen LogP contribution in [0, 0.1) is 5.82 Å². The molecule has 1 saturated heterocycles. The van der Waals surface area contributed by atoms with Crippen LogP contribution in [0.3, 0.4) is 0 Å². The minimum absolute atomic E-state index is 0.0000887. The van der Waals surface area contributed by atoms with E-state index < -0.39 is 5.82 Å². The Morgan fingerprint density at radius 2 is 2.26 bits per heavy atom. The summed E-state index contributed by atoms with van der Waals surface area (Å²) in [5.74, 6) is -0.312. The third kappa shape index (κ3) is 3.44. The second-order valence-electron chi connectivity index (χ2n) is 4.59. The molecule has 4 nitrogen and oxygen atoms in total. The lowest BCUT2D eigenvalue weighted by molar-refractivity contribution is -0.133. The first-order valence-electron chi connectivity index (χ1n) is 6.50. The number of hydrogen-bond donors (Lipinski definition) is 1. The van der Waals surface area contributed by atoms with E-state index in [1.54, 1.807) is 17.0 Å². The van der Waals surface area contributed by atoms with Crippen molar-refractivity contribution in [2.24, 2.45) is 0 Å². The third-order valence-electron chi connectivity index (χ3n) is 3.32. The number of benzene rings is 1. The lowest BCUT2D eigenvalue weighted by Crippen LogP contribution is -2.38. The maximum absolute atomic E-state index is 13.3. The van der Waals surface area contributed by atoms with Gasteiger partial charge in [0.05, 0.1) is 25.7 Å². The molecule has 2 rings (SSSR count). The van der Waals surface area contributed by atoms with Gasteiger partial charge in [-0.25, -0.2) is 4.39 Å². The second kappa shape index (κ2) is 6.52. The van der Waals surface area contributed by atoms with Gasteiger partial charge in [-0.1, -0.05) is 12.1 Å². The van der Waals surface area contributed by atoms with Crippen molar-refractivity contribution in [1.29, 1.82) is 0 Å². The predicted octanol–water partition coefficient (Wildman–Crippen LogP) is 1.58. The van der Waals surface area contributed by atoms with Crippen LogP contribution in [0.1, 0.15) is 19.3 Å². The Balaban J connectivity index is 1.80. The molecule has 0 unspecified atom stereocenters. The van der Waals surface area contributed by atoms with Crippen molar-refractivity contribution >= 4 is 5.91 Å². The molecule has 0 aliphatic carbocycles. The topological polar surface area (TPSA) is 49.8 Å². The van der Waals surface area contributed by atoms with Gasteiger partial charge in [0.15, 0.2) is 11.6 Å². The van der Waals surface area contributed by atoms with Crippen LogP contribution in [0.4, 0.5) is 4.39 Å². The minimum Gasteiger partial charge on any atom is -0.490 e. The Labute approximate surface area is 111 Å². The maximum Gasteiger partial charge on any atom is 0.226 e. The highest BCUT2D eigenvalue weighted by molar-refractivity contribution is 5.77. The van der Waals surface area contributed by atoms with E-state index >= 15 is 0 Å². The Kier molecular flexibility index (Phi) is 4.74. The Hall–Kier alpha value is -1.62. The number of carbonyl (C=O) groups is 1. The van der Waals surface area contributed by atoms with E-state index in [0.717, 1.165) is 12.8 Å². The van der Waals surface area contributed by atoms with Gasteiger partial charge in [0.2, 0.25) is 5.91 Å². The van der Waals surface area contributed by atoms with Crippen molar-refractivity contribution in [3.05, 3.63) is 30.1 Å². The van der Waals surface area contributed by atoms with E-state index in [9.17, 15) is 9.18 Å². The fourth-order valence-corrected chi connectivity index (χ4v) is 2.31. The molecule has 0 spiro atoms. The number of para-hydroxylation sites is 1. The molecule has 1 fully saturated rings. The van der Waals surface area contributed by atoms with E-state index in [-0.39, 0.29) is 37.3 Å². The standard InChI is InChI=1S/C14H18FNO3/c15-12-5-1-2-6-13(12)19-9-7-14(18)16-8-3-4-11(16)10-17/h1-2,5-6,11,17H,3-4,7-10H2/t11-/m0/s1. The fourth-order valence-electron chi connectivity index (χ4n) is 2.31. The summed E-state index contributed by atoms with van der Waals surface area (Å²) in [4.78, 5) is 13.6. The zero-order valence-corrected chi connectivity index (χ0v) is 10.7. The van der Waals surface area contributed by atoms with Crippen molar-refractivity contribution in [2.45, 2.75) is 25.3 Å². The zero-order chi connectivity index (χ0) is 13.7. The zero-order valence-electron chi connectivity index (χ0n) is 10.7. The third-order valence-corrected chi connectivity index (χ3v) is 3.32. The SMILES string of the molecule is O=C(CCOc1ccccc1F)N1CCC[C@H]1CO. The summed E-state index contributed by atoms with van der Waals surface area (Å²) in [5.41, 5.74) is 0. The molecular weight excluding hydrogens is 249 g/mol. The Morgan fingerprint density at radius 1 is 1.47 bits per heavy atom. The number of halogens is 1. The monoisotopic (exact) mass is 267 g/mol. The van der Waals surface area contributed by atoms with Crippen molar-refractivity contribution in [3.8, 4) is 5.75 Å². The first-order valence-corrected chi connectivity index (χ1v) is 6.50. The molecule has 1 N–H and O–H groups in total. The maximum atomic E-state index is 13.3. The first-order chi connectivity index (χ1) is 9.22. The molecule has 0 bridgehead atoms. The van der Waals surface area contributed by atoms with Crippen LogP contribution in [0.15, 0.2) is 24.3 Å². The molecule has 1 atom stereocenters. The molecular formula is C14H18FNO3. The van der Waals surface area contributed by atoms with Crippen LogP contribution in [-0.4, -0.2) is 41.7 Å². The summed E-state index contributed by atoms with van der Waals surface area (Å²) < 4.78 is 18.5. The van der Waals surface area contributed by atoms with E-state index in [1.807, 2.05) is 0 Å². The van der Waals surface area contributed by atoms with Gasteiger partial charge >= 0.3 is 0 Å². The number of aliphatic hydroxyl groups excluding tert-OH is 1. The molecule has 5 heteroatoms. The predicted molar refractivity (Wildman–Crippen MR) is 68.3 cm³/mol. The number of amides is 1. The number of nitrogens with zero attached hydrogens (tertiary/aromatic N) is 1. The number of ether oxygens (including phenoxy) is 1. The summed E-state index contributed by atoms with van der Waals surface area (Å²) in [6.07, 6.45) is 1.96. The van der Waals surface area contributed by atoms with E-state index in [0.29, 0.717) is 6.54 Å². The lowest BCUT2D eigenvalue weighted by atomic mass is 10.2. The van der Waals surface area contributed by atoms with Crippen LogP contribution in [-0.2, 0) is 4.79 Å². The molecule has 104 valence electrons. The molecule has 1 aliphatic rings. The molecule has 0 radical (unpaired) electrons. The van der Waals surface area contributed by atoms with Crippen molar-refractivity contribution in [2.75, 3.05) is 19.8 Å². The van der Waals surface area contributed by atoms with Crippen molar-refractivity contribution < 1.29 is 19.0 Å². The molecule has 1 amide bonds. The quantitative estimate of drug-likeness (QED) is 0.881. The summed E-state index contributed by atoms with van der Waals surface area (Å²) in [7, 11) is 0. The summed E-state index contributed by atoms with van der Waals surface area (Å²) >= 11 is 0. The number of likely N-dealkylation sites (tertiary alicyclic amines) is 1. The number of aliphatic hydroxyl groups is 1. The van der Waals surface area contributed by atoms with Crippen molar-refractivity contribution in [1.82, 2.24) is 4.90 Å². The number of carbonyl (C=O) groups excluding carboxylic acids is 1. The molecule has 0 aromatic heterocycles. The first kappa shape index (κ1) is 13.8. The second-order valence-corrected chi connectivity index (χ2v) is 4.59. The normalized spacial score (nSPS) is 18.6. The average molecular weight is 267 g/mol. The smallest absolute Gasteiger partial charge is 0.226 e. The minimum atomic E-state index is -0.427. The van der Waals surface area contributed by atoms with Gasteiger partial charge in [0.25, 0.3) is 0 Å². The van der Waals surface area contributed by atoms with Crippen molar-refractivity contribution in [3.63, 3.8) is 0 Å². The summed E-state index contributed by atoms with van der Waals surface area (Å²) in [5, 5.41) is 9.15. The average Bonchev–Trinajstić information content (AvgIpc) is 2.89. The molecule has 1 heterocycles. The molecule has 1 aliphatic heterocycles. The Morgan fingerprint density at radius 3 is 3.00 bits per heavy atom. The lowest BCUT2D eigenvalue weighted by Gasteiger charge is -2.23. The Bertz CT molecular complexity index is 438. The summed E-state index contributed by atoms with van der Waals surface area (Å²) in [6, 6.07) is 6.05. The van der Waals surface area contributed by atoms with E-state index in [1.165, 1.54) is 12.1 Å². The molecule has 0 saturated carbocycles. The number of hydrogen-bond acceptors (Lipinski definition) is 3. The van der Waals surface area contributed by atoms with Crippen LogP contribution < -0.4 is 4.74 Å². The van der Waals surface area contributed by atoms with Gasteiger partial charge in [-0.2, -0.15) is 0 Å². The van der Waals surface area contributed by atoms with Crippen LogP contribution in [0.2, 0.25) is 0 Å². The van der Waals surface area contributed by atoms with E-state index in [2.05, 4.69) is 0 Å². The van der Waals surface area contributed by atoms with Gasteiger partial charge < -0.3 is 14.7 Å². The van der Waals surface area contributed by atoms with Crippen LogP contribution in [0.5, 0.6) is 5.75 Å². The molecule has 1 aromatic carbocycles. The number of rotatable bonds is 5. The van der Waals surface area contributed by atoms with Gasteiger partial charge in [-0.15, -0.1) is 0 Å². The van der Waals surface area contributed by atoms with Gasteiger partial charge in [-0.3, -0.25) is 4.79 Å². The van der Waals surface area contributed by atoms with Crippen LogP contribution in [0.25, 0.3) is 0 Å². The summed E-state index contributed by atoms with van der Waals surface area (Å²) in [6.45, 7) is 0.831. The highest BCUT2D eigenvalue weighted by Crippen LogP contribution is 2.19.